The highest BCUT2D eigenvalue weighted by Gasteiger charge is 2.28. The van der Waals surface area contributed by atoms with Crippen LogP contribution < -0.4 is 4.87 Å². The monoisotopic (exact) mass is 436 g/mol. The molecular formula is C23H24N4O3S. The van der Waals surface area contributed by atoms with Gasteiger partial charge in [-0.25, -0.2) is 0 Å². The third-order valence-electron chi connectivity index (χ3n) is 5.78. The summed E-state index contributed by atoms with van der Waals surface area (Å²) in [6, 6.07) is 14.8. The smallest absolute Gasteiger partial charge is 0.305 e. The summed E-state index contributed by atoms with van der Waals surface area (Å²) in [7, 11) is 1.78. The summed E-state index contributed by atoms with van der Waals surface area (Å²) in [5.74, 6) is -0.0518. The molecule has 160 valence electrons. The molecule has 2 atom stereocenters. The lowest BCUT2D eigenvalue weighted by molar-refractivity contribution is -0.131. The van der Waals surface area contributed by atoms with Crippen molar-refractivity contribution in [1.29, 1.82) is 5.26 Å². The summed E-state index contributed by atoms with van der Waals surface area (Å²) in [6.07, 6.45) is 0.592. The van der Waals surface area contributed by atoms with E-state index in [1.54, 1.807) is 18.0 Å². The molecular weight excluding hydrogens is 412 g/mol. The first-order valence-corrected chi connectivity index (χ1v) is 11.0. The number of carbonyl (C=O) groups is 1. The first-order chi connectivity index (χ1) is 14.9. The fourth-order valence-electron chi connectivity index (χ4n) is 4.07. The van der Waals surface area contributed by atoms with Crippen LogP contribution in [0.25, 0.3) is 10.2 Å². The molecule has 8 heteroatoms. The largest absolute Gasteiger partial charge is 0.392 e. The van der Waals surface area contributed by atoms with Crippen LogP contribution in [0.5, 0.6) is 0 Å². The van der Waals surface area contributed by atoms with Gasteiger partial charge < -0.3 is 15.0 Å². The van der Waals surface area contributed by atoms with E-state index in [9.17, 15) is 20.0 Å². The first kappa shape index (κ1) is 21.2. The van der Waals surface area contributed by atoms with E-state index < -0.39 is 0 Å². The van der Waals surface area contributed by atoms with Crippen molar-refractivity contribution in [1.82, 2.24) is 14.8 Å². The van der Waals surface area contributed by atoms with Crippen LogP contribution in [-0.2, 0) is 11.2 Å². The molecule has 1 aromatic heterocycles. The van der Waals surface area contributed by atoms with Gasteiger partial charge in [-0.3, -0.25) is 14.5 Å². The number of thiazole rings is 1. The Morgan fingerprint density at radius 3 is 2.97 bits per heavy atom. The van der Waals surface area contributed by atoms with E-state index in [4.69, 9.17) is 0 Å². The number of H-pyrrole nitrogens is 1. The molecule has 7 nitrogen and oxygen atoms in total. The number of fused-ring (bicyclic) bond motifs is 1. The molecule has 0 aliphatic carbocycles. The van der Waals surface area contributed by atoms with Crippen LogP contribution in [-0.4, -0.2) is 58.6 Å². The average molecular weight is 437 g/mol. The summed E-state index contributed by atoms with van der Waals surface area (Å²) in [5.41, 5.74) is 3.03. The SMILES string of the molecule is CN(C(=O)Cc1ccc2sc(=O)[nH]c2c1)[C@H](CN1CCC(O)C1)c1cccc(C#N)c1. The number of nitrogens with one attached hydrogen (secondary N) is 1. The van der Waals surface area contributed by atoms with Crippen LogP contribution in [0.3, 0.4) is 0 Å². The van der Waals surface area contributed by atoms with Crippen LogP contribution in [0.2, 0.25) is 0 Å². The van der Waals surface area contributed by atoms with Gasteiger partial charge in [0.1, 0.15) is 0 Å². The zero-order valence-electron chi connectivity index (χ0n) is 17.2. The van der Waals surface area contributed by atoms with Crippen LogP contribution in [0, 0.1) is 11.3 Å². The molecule has 1 fully saturated rings. The fraction of sp³-hybridized carbons (Fsp3) is 0.348. The van der Waals surface area contributed by atoms with Crippen molar-refractivity contribution in [3.63, 3.8) is 0 Å². The highest BCUT2D eigenvalue weighted by molar-refractivity contribution is 7.16. The van der Waals surface area contributed by atoms with Gasteiger partial charge in [0.05, 0.1) is 40.4 Å². The highest BCUT2D eigenvalue weighted by atomic mass is 32.1. The molecule has 1 saturated heterocycles. The van der Waals surface area contributed by atoms with E-state index in [0.717, 1.165) is 45.6 Å². The van der Waals surface area contributed by atoms with Crippen molar-refractivity contribution in [2.75, 3.05) is 26.7 Å². The average Bonchev–Trinajstić information content (AvgIpc) is 3.35. The zero-order valence-corrected chi connectivity index (χ0v) is 18.1. The Bertz CT molecular complexity index is 1200. The summed E-state index contributed by atoms with van der Waals surface area (Å²) in [4.78, 5) is 31.3. The van der Waals surface area contributed by atoms with Crippen LogP contribution in [0.1, 0.15) is 29.2 Å². The number of amides is 1. The molecule has 0 saturated carbocycles. The Morgan fingerprint density at radius 1 is 1.39 bits per heavy atom. The molecule has 4 rings (SSSR count). The van der Waals surface area contributed by atoms with Gasteiger partial charge in [0.2, 0.25) is 5.91 Å². The maximum atomic E-state index is 13.2. The summed E-state index contributed by atoms with van der Waals surface area (Å²) < 4.78 is 0.869. The van der Waals surface area contributed by atoms with Crippen molar-refractivity contribution in [2.24, 2.45) is 0 Å². The van der Waals surface area contributed by atoms with E-state index in [1.807, 2.05) is 36.4 Å². The minimum atomic E-state index is -0.341. The number of benzene rings is 2. The van der Waals surface area contributed by atoms with Gasteiger partial charge in [0, 0.05) is 26.7 Å². The maximum Gasteiger partial charge on any atom is 0.305 e. The van der Waals surface area contributed by atoms with Gasteiger partial charge >= 0.3 is 4.87 Å². The van der Waals surface area contributed by atoms with E-state index in [2.05, 4.69) is 16.0 Å². The number of aromatic nitrogens is 1. The molecule has 2 aromatic carbocycles. The number of likely N-dealkylation sites (N-methyl/N-ethyl adjacent to an activating group) is 1. The quantitative estimate of drug-likeness (QED) is 0.617. The lowest BCUT2D eigenvalue weighted by atomic mass is 10.0. The van der Waals surface area contributed by atoms with Crippen molar-refractivity contribution >= 4 is 27.5 Å². The predicted molar refractivity (Wildman–Crippen MR) is 120 cm³/mol. The second kappa shape index (κ2) is 9.02. The zero-order chi connectivity index (χ0) is 22.0. The third-order valence-corrected chi connectivity index (χ3v) is 6.64. The minimum absolute atomic E-state index is 0.0518. The summed E-state index contributed by atoms with van der Waals surface area (Å²) in [6.45, 7) is 1.95. The number of nitrogens with zero attached hydrogens (tertiary/aromatic N) is 3. The second-order valence-electron chi connectivity index (χ2n) is 7.98. The van der Waals surface area contributed by atoms with Crippen molar-refractivity contribution in [2.45, 2.75) is 25.0 Å². The number of carbonyl (C=O) groups excluding carboxylic acids is 1. The Hall–Kier alpha value is -2.99. The number of rotatable bonds is 6. The predicted octanol–water partition coefficient (Wildman–Crippen LogP) is 2.27. The number of aliphatic hydroxyl groups is 1. The van der Waals surface area contributed by atoms with Crippen molar-refractivity contribution < 1.29 is 9.90 Å². The van der Waals surface area contributed by atoms with Gasteiger partial charge in [0.15, 0.2) is 0 Å². The van der Waals surface area contributed by atoms with Crippen LogP contribution in [0.15, 0.2) is 47.3 Å². The van der Waals surface area contributed by atoms with E-state index in [1.165, 1.54) is 0 Å². The topological polar surface area (TPSA) is 100 Å². The van der Waals surface area contributed by atoms with Crippen molar-refractivity contribution in [3.05, 3.63) is 68.8 Å². The van der Waals surface area contributed by atoms with E-state index >= 15 is 0 Å². The van der Waals surface area contributed by atoms with Gasteiger partial charge in [0.25, 0.3) is 0 Å². The van der Waals surface area contributed by atoms with Crippen LogP contribution >= 0.6 is 11.3 Å². The molecule has 1 aliphatic rings. The number of likely N-dealkylation sites (tertiary alicyclic amines) is 1. The molecule has 0 radical (unpaired) electrons. The molecule has 2 N–H and O–H groups in total. The number of aromatic amines is 1. The Balaban J connectivity index is 1.56. The number of hydrogen-bond acceptors (Lipinski definition) is 6. The molecule has 1 unspecified atom stereocenters. The minimum Gasteiger partial charge on any atom is -0.392 e. The lowest BCUT2D eigenvalue weighted by Gasteiger charge is -2.32. The molecule has 3 aromatic rings. The molecule has 31 heavy (non-hydrogen) atoms. The highest BCUT2D eigenvalue weighted by Crippen LogP contribution is 2.25. The van der Waals surface area contributed by atoms with Crippen molar-refractivity contribution in [3.8, 4) is 6.07 Å². The molecule has 0 bridgehead atoms. The number of hydrogen-bond donors (Lipinski definition) is 2. The molecule has 0 spiro atoms. The maximum absolute atomic E-state index is 13.2. The molecule has 1 amide bonds. The Kier molecular flexibility index (Phi) is 6.18. The summed E-state index contributed by atoms with van der Waals surface area (Å²) >= 11 is 1.15. The Morgan fingerprint density at radius 2 is 2.23 bits per heavy atom. The van der Waals surface area contributed by atoms with Gasteiger partial charge in [-0.1, -0.05) is 29.5 Å². The molecule has 2 heterocycles. The Labute approximate surface area is 184 Å². The normalized spacial score (nSPS) is 17.5. The number of β-amino-alcohol motifs (C(OH)–C–C–N with tert-alkyl or cyclic N) is 1. The summed E-state index contributed by atoms with van der Waals surface area (Å²) in [5, 5.41) is 19.2. The van der Waals surface area contributed by atoms with Gasteiger partial charge in [-0.15, -0.1) is 0 Å². The molecule has 1 aliphatic heterocycles. The van der Waals surface area contributed by atoms with Gasteiger partial charge in [-0.2, -0.15) is 5.26 Å². The van der Waals surface area contributed by atoms with E-state index in [0.29, 0.717) is 18.7 Å². The van der Waals surface area contributed by atoms with E-state index in [-0.39, 0.29) is 29.3 Å². The first-order valence-electron chi connectivity index (χ1n) is 10.2. The van der Waals surface area contributed by atoms with Crippen LogP contribution in [0.4, 0.5) is 0 Å². The van der Waals surface area contributed by atoms with Gasteiger partial charge in [-0.05, 0) is 41.8 Å². The second-order valence-corrected chi connectivity index (χ2v) is 9.00. The lowest BCUT2D eigenvalue weighted by Crippen LogP contribution is -2.39. The third kappa shape index (κ3) is 4.85. The number of aliphatic hydroxyl groups excluding tert-OH is 1. The standard InChI is InChI=1S/C23H24N4O3S/c1-26(22(29)11-15-5-6-21-19(10-15)25-23(30)31-21)20(14-27-8-7-18(28)13-27)17-4-2-3-16(9-17)12-24/h2-6,9-10,18,20,28H,7-8,11,13-14H2,1H3,(H,25,30)/t18?,20-/m1/s1. The fourth-order valence-corrected chi connectivity index (χ4v) is 4.79. The number of nitriles is 1.